The van der Waals surface area contributed by atoms with Crippen LogP contribution < -0.4 is 10.6 Å². The molecule has 28 heavy (non-hydrogen) atoms. The van der Waals surface area contributed by atoms with Crippen LogP contribution in [0.25, 0.3) is 0 Å². The van der Waals surface area contributed by atoms with E-state index in [9.17, 15) is 9.59 Å². The lowest BCUT2D eigenvalue weighted by molar-refractivity contribution is -0.122. The number of hydrogen-bond acceptors (Lipinski definition) is 4. The fourth-order valence-electron chi connectivity index (χ4n) is 3.21. The molecule has 0 unspecified atom stereocenters. The van der Waals surface area contributed by atoms with Crippen molar-refractivity contribution in [3.63, 3.8) is 0 Å². The third-order valence-corrected chi connectivity index (χ3v) is 4.89. The number of carbonyl (C=O) groups excluding carboxylic acids is 2. The average molecular weight is 381 g/mol. The van der Waals surface area contributed by atoms with Crippen molar-refractivity contribution in [2.45, 2.75) is 25.9 Å². The molecule has 0 aliphatic carbocycles. The van der Waals surface area contributed by atoms with Gasteiger partial charge in [-0.1, -0.05) is 42.5 Å². The zero-order valence-electron chi connectivity index (χ0n) is 16.4. The van der Waals surface area contributed by atoms with Crippen molar-refractivity contribution in [3.05, 3.63) is 65.7 Å². The first-order valence-corrected chi connectivity index (χ1v) is 9.49. The maximum absolute atomic E-state index is 12.6. The van der Waals surface area contributed by atoms with Crippen molar-refractivity contribution in [2.24, 2.45) is 0 Å². The van der Waals surface area contributed by atoms with Crippen molar-refractivity contribution >= 4 is 17.5 Å². The van der Waals surface area contributed by atoms with E-state index >= 15 is 0 Å². The maximum atomic E-state index is 12.6. The number of nitrogens with one attached hydrogen (secondary N) is 2. The van der Waals surface area contributed by atoms with Crippen LogP contribution in [0.2, 0.25) is 0 Å². The van der Waals surface area contributed by atoms with Gasteiger partial charge in [-0.3, -0.25) is 14.5 Å². The SMILES string of the molecule is CC1(C)COCCN1CC(=O)Nc1ccccc1C(=O)NCc1ccccc1. The van der Waals surface area contributed by atoms with Crippen LogP contribution in [-0.4, -0.2) is 48.6 Å². The first-order valence-electron chi connectivity index (χ1n) is 9.49. The molecule has 1 fully saturated rings. The molecule has 6 nitrogen and oxygen atoms in total. The molecule has 6 heteroatoms. The number of anilines is 1. The molecule has 0 radical (unpaired) electrons. The van der Waals surface area contributed by atoms with Gasteiger partial charge in [-0.25, -0.2) is 0 Å². The van der Waals surface area contributed by atoms with Gasteiger partial charge < -0.3 is 15.4 Å². The van der Waals surface area contributed by atoms with Gasteiger partial charge in [-0.15, -0.1) is 0 Å². The molecule has 2 aromatic carbocycles. The Balaban J connectivity index is 1.63. The van der Waals surface area contributed by atoms with Crippen LogP contribution in [0.15, 0.2) is 54.6 Å². The Morgan fingerprint density at radius 1 is 1.07 bits per heavy atom. The normalized spacial score (nSPS) is 16.4. The van der Waals surface area contributed by atoms with Crippen LogP contribution in [0.5, 0.6) is 0 Å². The van der Waals surface area contributed by atoms with Gasteiger partial charge in [0, 0.05) is 18.6 Å². The maximum Gasteiger partial charge on any atom is 0.253 e. The zero-order valence-corrected chi connectivity index (χ0v) is 16.4. The quantitative estimate of drug-likeness (QED) is 0.807. The fourth-order valence-corrected chi connectivity index (χ4v) is 3.21. The van der Waals surface area contributed by atoms with E-state index in [4.69, 9.17) is 4.74 Å². The standard InChI is InChI=1S/C22H27N3O3/c1-22(2)16-28-13-12-25(22)15-20(26)24-19-11-7-6-10-18(19)21(27)23-14-17-8-4-3-5-9-17/h3-11H,12-16H2,1-2H3,(H,23,27)(H,24,26). The van der Waals surface area contributed by atoms with Gasteiger partial charge in [0.25, 0.3) is 5.91 Å². The summed E-state index contributed by atoms with van der Waals surface area (Å²) in [5.74, 6) is -0.357. The molecule has 0 atom stereocenters. The summed E-state index contributed by atoms with van der Waals surface area (Å²) in [5, 5.41) is 5.80. The van der Waals surface area contributed by atoms with Gasteiger partial charge in [0.15, 0.2) is 0 Å². The molecule has 0 bridgehead atoms. The van der Waals surface area contributed by atoms with Crippen LogP contribution in [-0.2, 0) is 16.1 Å². The highest BCUT2D eigenvalue weighted by atomic mass is 16.5. The number of para-hydroxylation sites is 1. The summed E-state index contributed by atoms with van der Waals surface area (Å²) in [6.07, 6.45) is 0. The minimum absolute atomic E-state index is 0.140. The molecule has 1 heterocycles. The first-order chi connectivity index (χ1) is 13.5. The molecular formula is C22H27N3O3. The van der Waals surface area contributed by atoms with E-state index in [0.717, 1.165) is 5.56 Å². The molecule has 1 saturated heterocycles. The summed E-state index contributed by atoms with van der Waals surface area (Å²) in [5.41, 5.74) is 1.80. The van der Waals surface area contributed by atoms with E-state index in [1.54, 1.807) is 18.2 Å². The number of morpholine rings is 1. The molecule has 0 aromatic heterocycles. The third kappa shape index (κ3) is 5.18. The third-order valence-electron chi connectivity index (χ3n) is 4.89. The van der Waals surface area contributed by atoms with Gasteiger partial charge in [-0.2, -0.15) is 0 Å². The second-order valence-electron chi connectivity index (χ2n) is 7.55. The second-order valence-corrected chi connectivity index (χ2v) is 7.55. The van der Waals surface area contributed by atoms with E-state index < -0.39 is 0 Å². The predicted molar refractivity (Wildman–Crippen MR) is 109 cm³/mol. The van der Waals surface area contributed by atoms with Crippen molar-refractivity contribution in [1.29, 1.82) is 0 Å². The largest absolute Gasteiger partial charge is 0.378 e. The molecule has 148 valence electrons. The zero-order chi connectivity index (χ0) is 20.0. The molecule has 3 rings (SSSR count). The minimum atomic E-state index is -0.216. The summed E-state index contributed by atoms with van der Waals surface area (Å²) in [6, 6.07) is 16.8. The Hall–Kier alpha value is -2.70. The van der Waals surface area contributed by atoms with Gasteiger partial charge in [-0.05, 0) is 31.5 Å². The predicted octanol–water partition coefficient (Wildman–Crippen LogP) is 2.67. The van der Waals surface area contributed by atoms with Gasteiger partial charge in [0.1, 0.15) is 0 Å². The lowest BCUT2D eigenvalue weighted by Crippen LogP contribution is -2.55. The number of hydrogen-bond donors (Lipinski definition) is 2. The van der Waals surface area contributed by atoms with Crippen LogP contribution in [0, 0.1) is 0 Å². The molecule has 2 aromatic rings. The van der Waals surface area contributed by atoms with Crippen LogP contribution in [0.1, 0.15) is 29.8 Å². The number of ether oxygens (including phenoxy) is 1. The Labute approximate surface area is 165 Å². The summed E-state index contributed by atoms with van der Waals surface area (Å²) < 4.78 is 5.50. The molecule has 1 aliphatic heterocycles. The first kappa shape index (κ1) is 20.0. The van der Waals surface area contributed by atoms with E-state index in [1.807, 2.05) is 36.4 Å². The van der Waals surface area contributed by atoms with Gasteiger partial charge in [0.05, 0.1) is 31.0 Å². The number of amides is 2. The van der Waals surface area contributed by atoms with Crippen molar-refractivity contribution < 1.29 is 14.3 Å². The minimum Gasteiger partial charge on any atom is -0.378 e. The van der Waals surface area contributed by atoms with E-state index in [0.29, 0.717) is 37.6 Å². The summed E-state index contributed by atoms with van der Waals surface area (Å²) in [4.78, 5) is 27.3. The molecule has 0 spiro atoms. The van der Waals surface area contributed by atoms with Crippen LogP contribution in [0.4, 0.5) is 5.69 Å². The van der Waals surface area contributed by atoms with Crippen molar-refractivity contribution in [3.8, 4) is 0 Å². The van der Waals surface area contributed by atoms with Crippen molar-refractivity contribution in [1.82, 2.24) is 10.2 Å². The van der Waals surface area contributed by atoms with Crippen LogP contribution in [0.3, 0.4) is 0 Å². The highest BCUT2D eigenvalue weighted by Gasteiger charge is 2.31. The Morgan fingerprint density at radius 2 is 1.79 bits per heavy atom. The Bertz CT molecular complexity index is 821. The number of benzene rings is 2. The smallest absolute Gasteiger partial charge is 0.253 e. The Kier molecular flexibility index (Phi) is 6.44. The fraction of sp³-hybridized carbons (Fsp3) is 0.364. The average Bonchev–Trinajstić information content (AvgIpc) is 2.69. The highest BCUT2D eigenvalue weighted by Crippen LogP contribution is 2.20. The summed E-state index contributed by atoms with van der Waals surface area (Å²) in [7, 11) is 0. The van der Waals surface area contributed by atoms with Crippen LogP contribution >= 0.6 is 0 Å². The number of carbonyl (C=O) groups is 2. The molecule has 2 N–H and O–H groups in total. The second kappa shape index (κ2) is 8.99. The molecule has 1 aliphatic rings. The van der Waals surface area contributed by atoms with E-state index in [2.05, 4.69) is 29.4 Å². The molecular weight excluding hydrogens is 354 g/mol. The molecule has 2 amide bonds. The van der Waals surface area contributed by atoms with Gasteiger partial charge >= 0.3 is 0 Å². The van der Waals surface area contributed by atoms with Gasteiger partial charge in [0.2, 0.25) is 5.91 Å². The number of nitrogens with zero attached hydrogens (tertiary/aromatic N) is 1. The highest BCUT2D eigenvalue weighted by molar-refractivity contribution is 6.04. The van der Waals surface area contributed by atoms with Crippen molar-refractivity contribution in [2.75, 3.05) is 31.6 Å². The lowest BCUT2D eigenvalue weighted by atomic mass is 10.0. The molecule has 0 saturated carbocycles. The van der Waals surface area contributed by atoms with E-state index in [-0.39, 0.29) is 23.9 Å². The lowest BCUT2D eigenvalue weighted by Gasteiger charge is -2.41. The number of rotatable bonds is 6. The van der Waals surface area contributed by atoms with E-state index in [1.165, 1.54) is 0 Å². The topological polar surface area (TPSA) is 70.7 Å². The summed E-state index contributed by atoms with van der Waals surface area (Å²) >= 11 is 0. The Morgan fingerprint density at radius 3 is 2.54 bits per heavy atom. The monoisotopic (exact) mass is 381 g/mol. The summed E-state index contributed by atoms with van der Waals surface area (Å²) in [6.45, 7) is 6.74.